The number of hydrogen-bond acceptors (Lipinski definition) is 3. The van der Waals surface area contributed by atoms with E-state index in [0.29, 0.717) is 16.5 Å². The second kappa shape index (κ2) is 5.41. The number of halogens is 1. The average molecular weight is 322 g/mol. The van der Waals surface area contributed by atoms with Gasteiger partial charge in [0, 0.05) is 27.9 Å². The Labute approximate surface area is 137 Å². The Hall–Kier alpha value is -2.85. The molecule has 1 aliphatic rings. The van der Waals surface area contributed by atoms with Gasteiger partial charge in [-0.15, -0.1) is 0 Å². The van der Waals surface area contributed by atoms with Gasteiger partial charge in [-0.05, 0) is 36.4 Å². The molecule has 0 radical (unpaired) electrons. The maximum atomic E-state index is 10.1. The van der Waals surface area contributed by atoms with Crippen LogP contribution >= 0.6 is 11.6 Å². The van der Waals surface area contributed by atoms with Gasteiger partial charge in [0.2, 0.25) is 5.88 Å². The van der Waals surface area contributed by atoms with Gasteiger partial charge >= 0.3 is 0 Å². The summed E-state index contributed by atoms with van der Waals surface area (Å²) in [7, 11) is 0. The van der Waals surface area contributed by atoms with Crippen LogP contribution in [0.15, 0.2) is 53.5 Å². The molecule has 0 unspecified atom stereocenters. The number of aliphatic imine (C=N–C) groups is 1. The van der Waals surface area contributed by atoms with Crippen LogP contribution in [0.4, 0.5) is 5.69 Å². The highest BCUT2D eigenvalue weighted by Crippen LogP contribution is 2.33. The molecular formula is C18H12ClN3O. The van der Waals surface area contributed by atoms with Crippen molar-refractivity contribution >= 4 is 35.2 Å². The zero-order chi connectivity index (χ0) is 15.8. The summed E-state index contributed by atoms with van der Waals surface area (Å²) in [4.78, 5) is 11.7. The molecule has 0 bridgehead atoms. The van der Waals surface area contributed by atoms with Gasteiger partial charge in [0.05, 0.1) is 5.69 Å². The lowest BCUT2D eigenvalue weighted by Crippen LogP contribution is -1.82. The van der Waals surface area contributed by atoms with Crippen LogP contribution in [0.5, 0.6) is 5.88 Å². The lowest BCUT2D eigenvalue weighted by Gasteiger charge is -1.98. The van der Waals surface area contributed by atoms with Crippen molar-refractivity contribution < 1.29 is 5.11 Å². The first-order chi connectivity index (χ1) is 11.2. The second-order valence-electron chi connectivity index (χ2n) is 5.20. The number of para-hydroxylation sites is 1. The molecule has 0 fully saturated rings. The zero-order valence-corrected chi connectivity index (χ0v) is 12.7. The summed E-state index contributed by atoms with van der Waals surface area (Å²) in [5.41, 5.74) is 4.30. The summed E-state index contributed by atoms with van der Waals surface area (Å²) >= 11 is 5.89. The van der Waals surface area contributed by atoms with Gasteiger partial charge in [0.25, 0.3) is 0 Å². The monoisotopic (exact) mass is 321 g/mol. The Balaban J connectivity index is 1.73. The van der Waals surface area contributed by atoms with E-state index in [1.165, 1.54) is 0 Å². The normalized spacial score (nSPS) is 14.4. The van der Waals surface area contributed by atoms with Crippen LogP contribution in [-0.2, 0) is 0 Å². The molecule has 4 nitrogen and oxygen atoms in total. The molecule has 3 aromatic rings. The van der Waals surface area contributed by atoms with E-state index in [9.17, 15) is 5.11 Å². The smallest absolute Gasteiger partial charge is 0.237 e. The molecule has 4 rings (SSSR count). The predicted octanol–water partition coefficient (Wildman–Crippen LogP) is 4.69. The van der Waals surface area contributed by atoms with E-state index in [-0.39, 0.29) is 5.88 Å². The standard InChI is InChI=1S/C18H12ClN3O/c19-13-7-5-11(6-8-13)17-21-16(18(23)22-17)9-12-10-20-15-4-2-1-3-14(12)15/h1-10,23H,(H,21,22)/b12-9+. The largest absolute Gasteiger partial charge is 0.492 e. The van der Waals surface area contributed by atoms with Gasteiger partial charge in [0.15, 0.2) is 0 Å². The molecule has 0 atom stereocenters. The minimum atomic E-state index is -0.0415. The highest BCUT2D eigenvalue weighted by atomic mass is 35.5. The molecule has 2 aromatic carbocycles. The molecule has 1 aromatic heterocycles. The molecule has 112 valence electrons. The van der Waals surface area contributed by atoms with Crippen molar-refractivity contribution in [3.8, 4) is 17.3 Å². The van der Waals surface area contributed by atoms with Crippen molar-refractivity contribution in [2.24, 2.45) is 4.99 Å². The van der Waals surface area contributed by atoms with Crippen LogP contribution in [0.3, 0.4) is 0 Å². The number of rotatable bonds is 2. The number of nitrogens with zero attached hydrogens (tertiary/aromatic N) is 2. The third-order valence-electron chi connectivity index (χ3n) is 3.69. The van der Waals surface area contributed by atoms with Crippen molar-refractivity contribution in [3.05, 3.63) is 64.8 Å². The Bertz CT molecular complexity index is 939. The maximum absolute atomic E-state index is 10.1. The highest BCUT2D eigenvalue weighted by Gasteiger charge is 2.14. The summed E-state index contributed by atoms with van der Waals surface area (Å²) in [6.45, 7) is 0. The van der Waals surface area contributed by atoms with Crippen LogP contribution in [-0.4, -0.2) is 21.3 Å². The summed E-state index contributed by atoms with van der Waals surface area (Å²) in [6.07, 6.45) is 3.63. The molecule has 0 saturated carbocycles. The number of aromatic hydroxyl groups is 1. The number of benzene rings is 2. The number of fused-ring (bicyclic) bond motifs is 1. The van der Waals surface area contributed by atoms with E-state index in [1.54, 1.807) is 18.3 Å². The minimum absolute atomic E-state index is 0.0415. The van der Waals surface area contributed by atoms with Crippen molar-refractivity contribution in [1.29, 1.82) is 0 Å². The van der Waals surface area contributed by atoms with Gasteiger partial charge < -0.3 is 10.1 Å². The number of aromatic nitrogens is 2. The fourth-order valence-corrected chi connectivity index (χ4v) is 2.66. The van der Waals surface area contributed by atoms with Gasteiger partial charge in [0.1, 0.15) is 11.5 Å². The van der Waals surface area contributed by atoms with Crippen molar-refractivity contribution in [3.63, 3.8) is 0 Å². The number of allylic oxidation sites excluding steroid dienone is 1. The third-order valence-corrected chi connectivity index (χ3v) is 3.94. The topological polar surface area (TPSA) is 61.3 Å². The molecule has 0 aliphatic carbocycles. The molecule has 23 heavy (non-hydrogen) atoms. The van der Waals surface area contributed by atoms with Crippen LogP contribution in [0.1, 0.15) is 11.3 Å². The number of H-pyrrole nitrogens is 1. The summed E-state index contributed by atoms with van der Waals surface area (Å²) in [5, 5.41) is 10.8. The number of imidazole rings is 1. The second-order valence-corrected chi connectivity index (χ2v) is 5.64. The Morgan fingerprint density at radius 3 is 2.65 bits per heavy atom. The Kier molecular flexibility index (Phi) is 3.24. The molecule has 0 spiro atoms. The molecule has 2 heterocycles. The quantitative estimate of drug-likeness (QED) is 0.719. The van der Waals surface area contributed by atoms with Gasteiger partial charge in [-0.25, -0.2) is 0 Å². The number of hydrogen-bond donors (Lipinski definition) is 2. The first-order valence-electron chi connectivity index (χ1n) is 7.11. The molecule has 5 heteroatoms. The van der Waals surface area contributed by atoms with E-state index in [1.807, 2.05) is 42.5 Å². The zero-order valence-electron chi connectivity index (χ0n) is 12.0. The van der Waals surface area contributed by atoms with Crippen LogP contribution < -0.4 is 0 Å². The lowest BCUT2D eigenvalue weighted by atomic mass is 10.1. The van der Waals surface area contributed by atoms with E-state index < -0.39 is 0 Å². The van der Waals surface area contributed by atoms with Gasteiger partial charge in [-0.3, -0.25) is 4.99 Å². The van der Waals surface area contributed by atoms with Gasteiger partial charge in [-0.2, -0.15) is 4.98 Å². The maximum Gasteiger partial charge on any atom is 0.237 e. The fraction of sp³-hybridized carbons (Fsp3) is 0. The van der Waals surface area contributed by atoms with Gasteiger partial charge in [-0.1, -0.05) is 29.8 Å². The summed E-state index contributed by atoms with van der Waals surface area (Å²) < 4.78 is 0. The highest BCUT2D eigenvalue weighted by molar-refractivity contribution is 6.30. The molecule has 0 amide bonds. The van der Waals surface area contributed by atoms with Crippen molar-refractivity contribution in [2.45, 2.75) is 0 Å². The molecule has 2 N–H and O–H groups in total. The van der Waals surface area contributed by atoms with E-state index >= 15 is 0 Å². The molecule has 0 saturated heterocycles. The fourth-order valence-electron chi connectivity index (χ4n) is 2.53. The SMILES string of the molecule is Oc1nc(-c2ccc(Cl)cc2)[nH]c1/C=C1\C=Nc2ccccc21. The molecule has 1 aliphatic heterocycles. The van der Waals surface area contributed by atoms with Crippen molar-refractivity contribution in [2.75, 3.05) is 0 Å². The minimum Gasteiger partial charge on any atom is -0.492 e. The van der Waals surface area contributed by atoms with Crippen molar-refractivity contribution in [1.82, 2.24) is 9.97 Å². The number of aromatic amines is 1. The average Bonchev–Trinajstić information content (AvgIpc) is 3.13. The van der Waals surface area contributed by atoms with Crippen LogP contribution in [0.25, 0.3) is 23.0 Å². The number of nitrogens with one attached hydrogen (secondary N) is 1. The predicted molar refractivity (Wildman–Crippen MR) is 93.2 cm³/mol. The Morgan fingerprint density at radius 2 is 1.83 bits per heavy atom. The lowest BCUT2D eigenvalue weighted by molar-refractivity contribution is 0.455. The summed E-state index contributed by atoms with van der Waals surface area (Å²) in [5.74, 6) is 0.550. The van der Waals surface area contributed by atoms with Crippen LogP contribution in [0, 0.1) is 0 Å². The van der Waals surface area contributed by atoms with E-state index in [4.69, 9.17) is 11.6 Å². The van der Waals surface area contributed by atoms with E-state index in [0.717, 1.165) is 22.4 Å². The van der Waals surface area contributed by atoms with Crippen LogP contribution in [0.2, 0.25) is 5.02 Å². The van der Waals surface area contributed by atoms with E-state index in [2.05, 4.69) is 15.0 Å². The molecular weight excluding hydrogens is 310 g/mol. The first-order valence-corrected chi connectivity index (χ1v) is 7.48. The Morgan fingerprint density at radius 1 is 1.04 bits per heavy atom. The summed E-state index contributed by atoms with van der Waals surface area (Å²) in [6, 6.07) is 15.1. The third kappa shape index (κ3) is 2.53. The first kappa shape index (κ1) is 13.8.